The lowest BCUT2D eigenvalue weighted by Gasteiger charge is -2.39. The summed E-state index contributed by atoms with van der Waals surface area (Å²) >= 11 is 0. The molecule has 4 nitrogen and oxygen atoms in total. The fraction of sp³-hybridized carbons (Fsp3) is 0.136. The second-order valence-corrected chi connectivity index (χ2v) is 6.55. The maximum Gasteiger partial charge on any atom is 0.276 e. The Kier molecular flexibility index (Phi) is 3.42. The molecule has 1 amide bonds. The molecule has 128 valence electrons. The average Bonchev–Trinajstić information content (AvgIpc) is 3.02. The lowest BCUT2D eigenvalue weighted by molar-refractivity contribution is 0.0355. The number of amides is 1. The van der Waals surface area contributed by atoms with Crippen molar-refractivity contribution in [1.29, 1.82) is 0 Å². The van der Waals surface area contributed by atoms with Crippen molar-refractivity contribution in [3.05, 3.63) is 96.1 Å². The highest BCUT2D eigenvalue weighted by Crippen LogP contribution is 2.46. The second-order valence-electron chi connectivity index (χ2n) is 6.55. The molecule has 0 saturated carbocycles. The van der Waals surface area contributed by atoms with Crippen LogP contribution in [-0.2, 0) is 0 Å². The largest absolute Gasteiger partial charge is 0.469 e. The molecule has 0 unspecified atom stereocenters. The van der Waals surface area contributed by atoms with E-state index in [1.165, 1.54) is 0 Å². The van der Waals surface area contributed by atoms with Gasteiger partial charge in [0.25, 0.3) is 5.91 Å². The van der Waals surface area contributed by atoms with E-state index < -0.39 is 0 Å². The quantitative estimate of drug-likeness (QED) is 0.707. The number of nitrogens with zero attached hydrogens (tertiary/aromatic N) is 2. The predicted molar refractivity (Wildman–Crippen MR) is 99.7 cm³/mol. The lowest BCUT2D eigenvalue weighted by atomic mass is 9.97. The van der Waals surface area contributed by atoms with Crippen LogP contribution in [-0.4, -0.2) is 17.1 Å². The first kappa shape index (κ1) is 15.0. The van der Waals surface area contributed by atoms with E-state index in [1.807, 2.05) is 78.9 Å². The minimum atomic E-state index is -0.331. The number of carbonyl (C=O) groups excluding carboxylic acids is 1. The number of benzene rings is 3. The summed E-state index contributed by atoms with van der Waals surface area (Å²) in [4.78, 5) is 13.3. The van der Waals surface area contributed by atoms with Gasteiger partial charge in [-0.15, -0.1) is 0 Å². The van der Waals surface area contributed by atoms with Crippen LogP contribution in [0.1, 0.15) is 28.4 Å². The zero-order valence-electron chi connectivity index (χ0n) is 14.2. The van der Waals surface area contributed by atoms with Crippen molar-refractivity contribution < 1.29 is 9.53 Å². The van der Waals surface area contributed by atoms with Gasteiger partial charge in [-0.25, -0.2) is 5.01 Å². The highest BCUT2D eigenvalue weighted by Gasteiger charge is 2.49. The minimum Gasteiger partial charge on any atom is -0.469 e. The Labute approximate surface area is 152 Å². The van der Waals surface area contributed by atoms with Gasteiger partial charge in [0, 0.05) is 12.0 Å². The number of ether oxygens (including phenoxy) is 1. The summed E-state index contributed by atoms with van der Waals surface area (Å²) < 4.78 is 6.21. The predicted octanol–water partition coefficient (Wildman–Crippen LogP) is 4.41. The van der Waals surface area contributed by atoms with Crippen molar-refractivity contribution in [2.75, 3.05) is 5.01 Å². The van der Waals surface area contributed by atoms with E-state index in [-0.39, 0.29) is 18.2 Å². The molecule has 26 heavy (non-hydrogen) atoms. The first-order valence-electron chi connectivity index (χ1n) is 8.81. The molecule has 1 saturated heterocycles. The van der Waals surface area contributed by atoms with Crippen LogP contribution in [0.3, 0.4) is 0 Å². The SMILES string of the molecule is O=C1c2ccccc2[C@@H]2C[C@H](Oc3ccccc3)N1N2c1ccccc1. The molecule has 2 atom stereocenters. The molecule has 2 heterocycles. The Morgan fingerprint density at radius 1 is 0.769 bits per heavy atom. The zero-order valence-corrected chi connectivity index (χ0v) is 14.2. The fourth-order valence-electron chi connectivity index (χ4n) is 3.91. The van der Waals surface area contributed by atoms with Crippen LogP contribution in [0.15, 0.2) is 84.9 Å². The number of fused-ring (bicyclic) bond motifs is 4. The van der Waals surface area contributed by atoms with Gasteiger partial charge in [-0.2, -0.15) is 0 Å². The second kappa shape index (κ2) is 5.92. The third kappa shape index (κ3) is 2.26. The molecule has 4 heteroatoms. The van der Waals surface area contributed by atoms with Crippen molar-refractivity contribution in [1.82, 2.24) is 5.01 Å². The van der Waals surface area contributed by atoms with E-state index in [0.717, 1.165) is 29.0 Å². The van der Waals surface area contributed by atoms with Crippen molar-refractivity contribution in [3.8, 4) is 5.75 Å². The van der Waals surface area contributed by atoms with Crippen molar-refractivity contribution in [2.24, 2.45) is 0 Å². The van der Waals surface area contributed by atoms with E-state index in [4.69, 9.17) is 4.74 Å². The number of hydrazine groups is 1. The van der Waals surface area contributed by atoms with E-state index >= 15 is 0 Å². The van der Waals surface area contributed by atoms with Crippen LogP contribution in [0.25, 0.3) is 0 Å². The Morgan fingerprint density at radius 2 is 1.42 bits per heavy atom. The fourth-order valence-corrected chi connectivity index (χ4v) is 3.91. The van der Waals surface area contributed by atoms with E-state index in [1.54, 1.807) is 5.01 Å². The molecule has 0 spiro atoms. The maximum absolute atomic E-state index is 13.3. The number of rotatable bonds is 3. The van der Waals surface area contributed by atoms with Gasteiger partial charge in [-0.05, 0) is 35.9 Å². The lowest BCUT2D eigenvalue weighted by Crippen LogP contribution is -2.50. The molecule has 3 aromatic carbocycles. The Hall–Kier alpha value is -3.27. The molecule has 2 aliphatic rings. The third-order valence-corrected chi connectivity index (χ3v) is 5.02. The van der Waals surface area contributed by atoms with E-state index in [2.05, 4.69) is 11.1 Å². The van der Waals surface area contributed by atoms with Gasteiger partial charge in [0.15, 0.2) is 6.23 Å². The summed E-state index contributed by atoms with van der Waals surface area (Å²) in [6, 6.07) is 27.7. The summed E-state index contributed by atoms with van der Waals surface area (Å²) in [5.74, 6) is 0.758. The van der Waals surface area contributed by atoms with Crippen molar-refractivity contribution >= 4 is 11.6 Å². The molecule has 2 aliphatic heterocycles. The van der Waals surface area contributed by atoms with Gasteiger partial charge in [0.2, 0.25) is 0 Å². The molecule has 0 aromatic heterocycles. The Balaban J connectivity index is 1.59. The molecule has 0 aliphatic carbocycles. The van der Waals surface area contributed by atoms with Gasteiger partial charge < -0.3 is 4.74 Å². The standard InChI is InChI=1S/C22H18N2O2/c25-22-19-14-8-7-13-18(19)20-15-21(26-17-11-5-2-6-12-17)24(22)23(20)16-9-3-1-4-10-16/h1-14,20-21H,15H2/t20-,21-/m0/s1. The van der Waals surface area contributed by atoms with E-state index in [0.29, 0.717) is 0 Å². The summed E-state index contributed by atoms with van der Waals surface area (Å²) in [6.07, 6.45) is 0.398. The van der Waals surface area contributed by atoms with Crippen LogP contribution in [0.5, 0.6) is 5.75 Å². The molecule has 1 fully saturated rings. The molecule has 2 bridgehead atoms. The summed E-state index contributed by atoms with van der Waals surface area (Å²) in [6.45, 7) is 0. The molecular weight excluding hydrogens is 324 g/mol. The molecule has 3 aromatic rings. The van der Waals surface area contributed by atoms with Gasteiger partial charge >= 0.3 is 0 Å². The highest BCUT2D eigenvalue weighted by molar-refractivity contribution is 5.99. The maximum atomic E-state index is 13.3. The number of hydrogen-bond donors (Lipinski definition) is 0. The molecule has 0 N–H and O–H groups in total. The topological polar surface area (TPSA) is 32.8 Å². The van der Waals surface area contributed by atoms with Crippen molar-refractivity contribution in [2.45, 2.75) is 18.7 Å². The van der Waals surface area contributed by atoms with Crippen molar-refractivity contribution in [3.63, 3.8) is 0 Å². The monoisotopic (exact) mass is 342 g/mol. The van der Waals surface area contributed by atoms with Crippen LogP contribution < -0.4 is 9.75 Å². The van der Waals surface area contributed by atoms with Gasteiger partial charge in [0.1, 0.15) is 5.75 Å². The first-order valence-corrected chi connectivity index (χ1v) is 8.81. The van der Waals surface area contributed by atoms with E-state index in [9.17, 15) is 4.79 Å². The molecule has 0 radical (unpaired) electrons. The van der Waals surface area contributed by atoms with Gasteiger partial charge in [0.05, 0.1) is 11.7 Å². The van der Waals surface area contributed by atoms with Crippen LogP contribution >= 0.6 is 0 Å². The van der Waals surface area contributed by atoms with Gasteiger partial charge in [-0.1, -0.05) is 54.6 Å². The Morgan fingerprint density at radius 3 is 2.19 bits per heavy atom. The van der Waals surface area contributed by atoms with Crippen LogP contribution in [0.4, 0.5) is 5.69 Å². The smallest absolute Gasteiger partial charge is 0.276 e. The minimum absolute atomic E-state index is 0.0147. The summed E-state index contributed by atoms with van der Waals surface area (Å²) in [7, 11) is 0. The number of hydrogen-bond acceptors (Lipinski definition) is 3. The number of anilines is 1. The molecular formula is C22H18N2O2. The zero-order chi connectivity index (χ0) is 17.5. The summed E-state index contributed by atoms with van der Waals surface area (Å²) in [5.41, 5.74) is 2.83. The first-order chi connectivity index (χ1) is 12.8. The number of carbonyl (C=O) groups is 1. The van der Waals surface area contributed by atoms with Crippen LogP contribution in [0, 0.1) is 0 Å². The highest BCUT2D eigenvalue weighted by atomic mass is 16.5. The average molecular weight is 342 g/mol. The Bertz CT molecular complexity index is 943. The van der Waals surface area contributed by atoms with Crippen LogP contribution in [0.2, 0.25) is 0 Å². The summed E-state index contributed by atoms with van der Waals surface area (Å²) in [5, 5.41) is 3.85. The number of para-hydroxylation sites is 2. The normalized spacial score (nSPS) is 20.8. The third-order valence-electron chi connectivity index (χ3n) is 5.02. The van der Waals surface area contributed by atoms with Gasteiger partial charge in [-0.3, -0.25) is 9.80 Å². The molecule has 5 rings (SSSR count).